The van der Waals surface area contributed by atoms with Gasteiger partial charge in [-0.3, -0.25) is 9.69 Å². The Labute approximate surface area is 166 Å². The van der Waals surface area contributed by atoms with Gasteiger partial charge < -0.3 is 9.47 Å². The van der Waals surface area contributed by atoms with E-state index < -0.39 is 0 Å². The van der Waals surface area contributed by atoms with Gasteiger partial charge in [0.25, 0.3) is 0 Å². The maximum absolute atomic E-state index is 13.2. The highest BCUT2D eigenvalue weighted by atomic mass is 19.1. The molecule has 0 N–H and O–H groups in total. The van der Waals surface area contributed by atoms with Crippen molar-refractivity contribution in [3.8, 4) is 0 Å². The Morgan fingerprint density at radius 3 is 2.64 bits per heavy atom. The fourth-order valence-electron chi connectivity index (χ4n) is 3.85. The molecule has 28 heavy (non-hydrogen) atoms. The summed E-state index contributed by atoms with van der Waals surface area (Å²) in [6.07, 6.45) is 3.67. The van der Waals surface area contributed by atoms with Crippen molar-refractivity contribution in [2.45, 2.75) is 45.7 Å². The van der Waals surface area contributed by atoms with E-state index in [-0.39, 0.29) is 17.8 Å². The molecule has 1 fully saturated rings. The number of hydrogen-bond acceptors (Lipinski definition) is 4. The quantitative estimate of drug-likeness (QED) is 0.765. The number of carbonyl (C=O) groups excluding carboxylic acids is 1. The first-order valence-corrected chi connectivity index (χ1v) is 10.0. The second-order valence-corrected chi connectivity index (χ2v) is 7.96. The number of hydrogen-bond donors (Lipinski definition) is 0. The van der Waals surface area contributed by atoms with Crippen LogP contribution in [-0.2, 0) is 24.8 Å². The highest BCUT2D eigenvalue weighted by Gasteiger charge is 2.29. The number of amides is 1. The number of carbonyl (C=O) groups is 1. The summed E-state index contributed by atoms with van der Waals surface area (Å²) in [5, 5.41) is 7.94. The van der Waals surface area contributed by atoms with E-state index in [9.17, 15) is 9.18 Å². The zero-order valence-corrected chi connectivity index (χ0v) is 17.0. The maximum Gasteiger partial charge on any atom is 0.223 e. The van der Waals surface area contributed by atoms with Gasteiger partial charge in [-0.1, -0.05) is 26.0 Å². The molecule has 0 aliphatic carbocycles. The smallest absolute Gasteiger partial charge is 0.223 e. The van der Waals surface area contributed by atoms with Crippen LogP contribution in [0, 0.1) is 11.7 Å². The van der Waals surface area contributed by atoms with Crippen LogP contribution in [0.3, 0.4) is 0 Å². The number of aryl methyl sites for hydroxylation is 2. The summed E-state index contributed by atoms with van der Waals surface area (Å²) >= 11 is 0. The van der Waals surface area contributed by atoms with Gasteiger partial charge in [-0.25, -0.2) is 4.39 Å². The van der Waals surface area contributed by atoms with Crippen molar-refractivity contribution in [1.29, 1.82) is 0 Å². The van der Waals surface area contributed by atoms with Crippen molar-refractivity contribution in [2.24, 2.45) is 13.0 Å². The zero-order valence-electron chi connectivity index (χ0n) is 17.0. The predicted octanol–water partition coefficient (Wildman–Crippen LogP) is 2.65. The number of benzene rings is 1. The monoisotopic (exact) mass is 387 g/mol. The molecule has 2 heterocycles. The van der Waals surface area contributed by atoms with Crippen LogP contribution in [0.4, 0.5) is 4.39 Å². The molecule has 1 aliphatic rings. The molecule has 0 radical (unpaired) electrons. The van der Waals surface area contributed by atoms with E-state index in [4.69, 9.17) is 0 Å². The first kappa shape index (κ1) is 20.5. The fourth-order valence-corrected chi connectivity index (χ4v) is 3.85. The highest BCUT2D eigenvalue weighted by Crippen LogP contribution is 2.21. The second kappa shape index (κ2) is 9.28. The lowest BCUT2D eigenvalue weighted by molar-refractivity contribution is -0.131. The lowest BCUT2D eigenvalue weighted by Crippen LogP contribution is -2.45. The van der Waals surface area contributed by atoms with Gasteiger partial charge in [0.1, 0.15) is 18.0 Å². The number of aromatic nitrogens is 3. The molecule has 0 saturated carbocycles. The van der Waals surface area contributed by atoms with E-state index >= 15 is 0 Å². The largest absolute Gasteiger partial charge is 0.341 e. The average molecular weight is 388 g/mol. The summed E-state index contributed by atoms with van der Waals surface area (Å²) in [6, 6.07) is 7.01. The minimum absolute atomic E-state index is 0.178. The van der Waals surface area contributed by atoms with E-state index in [1.807, 2.05) is 28.6 Å². The molecule has 1 atom stereocenters. The molecule has 152 valence electrons. The van der Waals surface area contributed by atoms with Crippen LogP contribution in [-0.4, -0.2) is 56.1 Å². The molecule has 1 aromatic carbocycles. The first-order chi connectivity index (χ1) is 13.4. The Kier molecular flexibility index (Phi) is 6.78. The molecule has 0 spiro atoms. The minimum Gasteiger partial charge on any atom is -0.341 e. The van der Waals surface area contributed by atoms with E-state index in [1.54, 1.807) is 6.33 Å². The summed E-state index contributed by atoms with van der Waals surface area (Å²) in [6.45, 7) is 7.64. The van der Waals surface area contributed by atoms with E-state index in [0.717, 1.165) is 44.0 Å². The van der Waals surface area contributed by atoms with E-state index in [2.05, 4.69) is 28.9 Å². The van der Waals surface area contributed by atoms with Crippen LogP contribution in [0.25, 0.3) is 0 Å². The second-order valence-electron chi connectivity index (χ2n) is 7.96. The molecule has 1 saturated heterocycles. The standard InChI is InChI=1S/C21H30FN5O/c1-16(2)19-14-27(21(28)10-9-20-24-23-15-25(20)3)12-4-11-26(19)13-17-5-7-18(22)8-6-17/h5-8,15-16,19H,4,9-14H2,1-3H3/t19-/m1/s1. The number of rotatable bonds is 6. The third-order valence-corrected chi connectivity index (χ3v) is 5.54. The van der Waals surface area contributed by atoms with Crippen LogP contribution in [0.2, 0.25) is 0 Å². The van der Waals surface area contributed by atoms with E-state index in [0.29, 0.717) is 18.8 Å². The number of nitrogens with zero attached hydrogens (tertiary/aromatic N) is 5. The summed E-state index contributed by atoms with van der Waals surface area (Å²) in [7, 11) is 1.90. The molecule has 6 nitrogen and oxygen atoms in total. The average Bonchev–Trinajstić information content (AvgIpc) is 2.95. The van der Waals surface area contributed by atoms with Crippen molar-refractivity contribution in [1.82, 2.24) is 24.6 Å². The topological polar surface area (TPSA) is 54.3 Å². The van der Waals surface area contributed by atoms with Crippen molar-refractivity contribution in [2.75, 3.05) is 19.6 Å². The molecule has 1 aliphatic heterocycles. The van der Waals surface area contributed by atoms with Crippen LogP contribution < -0.4 is 0 Å². The van der Waals surface area contributed by atoms with E-state index in [1.165, 1.54) is 12.1 Å². The van der Waals surface area contributed by atoms with Gasteiger partial charge in [-0.2, -0.15) is 0 Å². The van der Waals surface area contributed by atoms with Gasteiger partial charge in [-0.05, 0) is 30.0 Å². The van der Waals surface area contributed by atoms with Crippen LogP contribution in [0.1, 0.15) is 38.1 Å². The molecule has 1 amide bonds. The van der Waals surface area contributed by atoms with Gasteiger partial charge in [-0.15, -0.1) is 10.2 Å². The first-order valence-electron chi connectivity index (χ1n) is 10.0. The minimum atomic E-state index is -0.209. The molecule has 0 unspecified atom stereocenters. The SMILES string of the molecule is CC(C)[C@H]1CN(C(=O)CCc2nncn2C)CCCN1Cc1ccc(F)cc1. The summed E-state index contributed by atoms with van der Waals surface area (Å²) in [5.74, 6) is 1.23. The molecule has 0 bridgehead atoms. The Hall–Kier alpha value is -2.28. The Morgan fingerprint density at radius 1 is 1.25 bits per heavy atom. The van der Waals surface area contributed by atoms with Crippen molar-refractivity contribution < 1.29 is 9.18 Å². The van der Waals surface area contributed by atoms with Crippen LogP contribution in [0.15, 0.2) is 30.6 Å². The molecular formula is C21H30FN5O. The van der Waals surface area contributed by atoms with Crippen molar-refractivity contribution in [3.05, 3.63) is 47.8 Å². The maximum atomic E-state index is 13.2. The predicted molar refractivity (Wildman–Crippen MR) is 106 cm³/mol. The van der Waals surface area contributed by atoms with Crippen molar-refractivity contribution in [3.63, 3.8) is 0 Å². The normalized spacial score (nSPS) is 18.5. The fraction of sp³-hybridized carbons (Fsp3) is 0.571. The summed E-state index contributed by atoms with van der Waals surface area (Å²) in [5.41, 5.74) is 1.11. The van der Waals surface area contributed by atoms with Crippen LogP contribution >= 0.6 is 0 Å². The third-order valence-electron chi connectivity index (χ3n) is 5.54. The molecule has 1 aromatic heterocycles. The lowest BCUT2D eigenvalue weighted by Gasteiger charge is -2.34. The van der Waals surface area contributed by atoms with Gasteiger partial charge >= 0.3 is 0 Å². The van der Waals surface area contributed by atoms with Crippen LogP contribution in [0.5, 0.6) is 0 Å². The Morgan fingerprint density at radius 2 is 2.00 bits per heavy atom. The molecule has 3 rings (SSSR count). The zero-order chi connectivity index (χ0) is 20.1. The van der Waals surface area contributed by atoms with Crippen molar-refractivity contribution >= 4 is 5.91 Å². The van der Waals surface area contributed by atoms with Gasteiger partial charge in [0.15, 0.2) is 0 Å². The third kappa shape index (κ3) is 5.16. The Bertz CT molecular complexity index is 773. The van der Waals surface area contributed by atoms with Gasteiger partial charge in [0, 0.05) is 52.1 Å². The highest BCUT2D eigenvalue weighted by molar-refractivity contribution is 5.76. The number of halogens is 1. The molecular weight excluding hydrogens is 357 g/mol. The summed E-state index contributed by atoms with van der Waals surface area (Å²) < 4.78 is 15.1. The lowest BCUT2D eigenvalue weighted by atomic mass is 10.0. The summed E-state index contributed by atoms with van der Waals surface area (Å²) in [4.78, 5) is 17.3. The van der Waals surface area contributed by atoms with Gasteiger partial charge in [0.05, 0.1) is 0 Å². The molecule has 7 heteroatoms. The molecule has 2 aromatic rings. The Balaban J connectivity index is 1.63. The van der Waals surface area contributed by atoms with Gasteiger partial charge in [0.2, 0.25) is 5.91 Å².